The number of rotatable bonds is 6. The lowest BCUT2D eigenvalue weighted by Crippen LogP contribution is -2.53. The molecule has 1 atom stereocenters. The Morgan fingerprint density at radius 1 is 1.24 bits per heavy atom. The molecule has 0 aliphatic heterocycles. The van der Waals surface area contributed by atoms with E-state index >= 15 is 0 Å². The van der Waals surface area contributed by atoms with Gasteiger partial charge in [0.1, 0.15) is 0 Å². The Kier molecular flexibility index (Phi) is 6.27. The van der Waals surface area contributed by atoms with Crippen LogP contribution in [0.1, 0.15) is 68.4 Å². The fraction of sp³-hybridized carbons (Fsp3) is 0.778. The summed E-state index contributed by atoms with van der Waals surface area (Å²) in [6.07, 6.45) is 9.37. The molecule has 3 heteroatoms. The number of nitrogens with one attached hydrogen (secondary N) is 1. The number of nitrogens with zero attached hydrogens (tertiary/aromatic N) is 1. The van der Waals surface area contributed by atoms with E-state index in [1.54, 1.807) is 0 Å². The molecule has 1 saturated carbocycles. The molecular weight excluding hydrogens is 276 g/mol. The van der Waals surface area contributed by atoms with Gasteiger partial charge in [-0.3, -0.25) is 0 Å². The van der Waals surface area contributed by atoms with Crippen LogP contribution in [0, 0.1) is 6.92 Å². The molecule has 1 N–H and O–H groups in total. The second-order valence-electron chi connectivity index (χ2n) is 6.79. The molecule has 2 rings (SSSR count). The SMILES string of the molecule is CCCNC(c1csc(C)c1)C1(N(C)C)CCCCCC1. The Morgan fingerprint density at radius 3 is 2.38 bits per heavy atom. The van der Waals surface area contributed by atoms with Crippen LogP contribution in [-0.4, -0.2) is 31.1 Å². The van der Waals surface area contributed by atoms with E-state index in [0.29, 0.717) is 6.04 Å². The van der Waals surface area contributed by atoms with E-state index in [9.17, 15) is 0 Å². The van der Waals surface area contributed by atoms with Gasteiger partial charge in [0.2, 0.25) is 0 Å². The number of aryl methyl sites for hydroxylation is 1. The van der Waals surface area contributed by atoms with Crippen molar-refractivity contribution in [2.24, 2.45) is 0 Å². The normalized spacial score (nSPS) is 20.4. The van der Waals surface area contributed by atoms with Crippen molar-refractivity contribution in [1.82, 2.24) is 10.2 Å². The monoisotopic (exact) mass is 308 g/mol. The molecule has 0 spiro atoms. The summed E-state index contributed by atoms with van der Waals surface area (Å²) in [4.78, 5) is 3.94. The summed E-state index contributed by atoms with van der Waals surface area (Å²) in [5, 5.41) is 6.26. The second-order valence-corrected chi connectivity index (χ2v) is 7.91. The van der Waals surface area contributed by atoms with Crippen LogP contribution in [0.25, 0.3) is 0 Å². The quantitative estimate of drug-likeness (QED) is 0.763. The maximum atomic E-state index is 3.88. The molecule has 1 unspecified atom stereocenters. The van der Waals surface area contributed by atoms with Crippen LogP contribution in [0.15, 0.2) is 11.4 Å². The highest BCUT2D eigenvalue weighted by Crippen LogP contribution is 2.42. The Labute approximate surface area is 134 Å². The van der Waals surface area contributed by atoms with E-state index in [2.05, 4.69) is 49.6 Å². The predicted molar refractivity (Wildman–Crippen MR) is 94.2 cm³/mol. The highest BCUT2D eigenvalue weighted by atomic mass is 32.1. The highest BCUT2D eigenvalue weighted by molar-refractivity contribution is 7.10. The minimum absolute atomic E-state index is 0.277. The molecule has 0 aromatic carbocycles. The van der Waals surface area contributed by atoms with Gasteiger partial charge < -0.3 is 10.2 Å². The summed E-state index contributed by atoms with van der Waals surface area (Å²) in [5.41, 5.74) is 1.78. The third kappa shape index (κ3) is 3.88. The average molecular weight is 309 g/mol. The first kappa shape index (κ1) is 17.0. The second kappa shape index (κ2) is 7.75. The van der Waals surface area contributed by atoms with Crippen LogP contribution >= 0.6 is 11.3 Å². The molecule has 0 saturated heterocycles. The van der Waals surface area contributed by atoms with Crippen LogP contribution in [0.5, 0.6) is 0 Å². The van der Waals surface area contributed by atoms with E-state index < -0.39 is 0 Å². The first-order valence-corrected chi connectivity index (χ1v) is 9.44. The minimum Gasteiger partial charge on any atom is -0.308 e. The summed E-state index contributed by atoms with van der Waals surface area (Å²) < 4.78 is 0. The van der Waals surface area contributed by atoms with Gasteiger partial charge in [0.25, 0.3) is 0 Å². The lowest BCUT2D eigenvalue weighted by molar-refractivity contribution is 0.0801. The molecule has 2 nitrogen and oxygen atoms in total. The van der Waals surface area contributed by atoms with Crippen LogP contribution in [0.4, 0.5) is 0 Å². The largest absolute Gasteiger partial charge is 0.308 e. The van der Waals surface area contributed by atoms with Crippen molar-refractivity contribution in [2.45, 2.75) is 70.4 Å². The number of thiophene rings is 1. The summed E-state index contributed by atoms with van der Waals surface area (Å²) in [6, 6.07) is 2.87. The fourth-order valence-corrected chi connectivity index (χ4v) is 4.59. The van der Waals surface area contributed by atoms with Gasteiger partial charge >= 0.3 is 0 Å². The van der Waals surface area contributed by atoms with Crippen molar-refractivity contribution in [3.8, 4) is 0 Å². The maximum Gasteiger partial charge on any atom is 0.0515 e. The van der Waals surface area contributed by atoms with Gasteiger partial charge in [0.05, 0.1) is 6.04 Å². The van der Waals surface area contributed by atoms with Gasteiger partial charge in [-0.05, 0) is 63.8 Å². The van der Waals surface area contributed by atoms with E-state index in [-0.39, 0.29) is 5.54 Å². The molecule has 0 amide bonds. The van der Waals surface area contributed by atoms with Crippen molar-refractivity contribution in [1.29, 1.82) is 0 Å². The summed E-state index contributed by atoms with van der Waals surface area (Å²) >= 11 is 1.89. The first-order valence-electron chi connectivity index (χ1n) is 8.56. The van der Waals surface area contributed by atoms with Gasteiger partial charge in [-0.25, -0.2) is 0 Å². The molecule has 1 aromatic heterocycles. The fourth-order valence-electron chi connectivity index (χ4n) is 3.86. The lowest BCUT2D eigenvalue weighted by Gasteiger charge is -2.46. The van der Waals surface area contributed by atoms with Gasteiger partial charge in [-0.15, -0.1) is 11.3 Å². The van der Waals surface area contributed by atoms with Gasteiger partial charge in [-0.2, -0.15) is 0 Å². The molecule has 0 bridgehead atoms. The molecule has 120 valence electrons. The number of hydrogen-bond donors (Lipinski definition) is 1. The standard InChI is InChI=1S/C18H32N2S/c1-5-12-19-17(16-13-15(2)21-14-16)18(20(3)4)10-8-6-7-9-11-18/h13-14,17,19H,5-12H2,1-4H3. The molecule has 0 radical (unpaired) electrons. The summed E-state index contributed by atoms with van der Waals surface area (Å²) in [7, 11) is 4.57. The third-order valence-corrected chi connectivity index (χ3v) is 5.96. The lowest BCUT2D eigenvalue weighted by atomic mass is 9.78. The smallest absolute Gasteiger partial charge is 0.0515 e. The summed E-state index contributed by atoms with van der Waals surface area (Å²) in [6.45, 7) is 5.59. The van der Waals surface area contributed by atoms with Crippen molar-refractivity contribution in [3.63, 3.8) is 0 Å². The molecule has 1 aliphatic rings. The Balaban J connectivity index is 2.34. The maximum absolute atomic E-state index is 3.88. The molecular formula is C18H32N2S. The zero-order chi connectivity index (χ0) is 15.3. The number of likely N-dealkylation sites (N-methyl/N-ethyl adjacent to an activating group) is 1. The highest BCUT2D eigenvalue weighted by Gasteiger charge is 2.41. The van der Waals surface area contributed by atoms with Crippen LogP contribution in [0.2, 0.25) is 0 Å². The van der Waals surface area contributed by atoms with Crippen molar-refractivity contribution in [2.75, 3.05) is 20.6 Å². The van der Waals surface area contributed by atoms with E-state index in [1.165, 1.54) is 55.4 Å². The zero-order valence-electron chi connectivity index (χ0n) is 14.2. The zero-order valence-corrected chi connectivity index (χ0v) is 15.1. The van der Waals surface area contributed by atoms with Gasteiger partial charge in [0.15, 0.2) is 0 Å². The van der Waals surface area contributed by atoms with E-state index in [1.807, 2.05) is 11.3 Å². The average Bonchev–Trinajstić information content (AvgIpc) is 2.74. The van der Waals surface area contributed by atoms with Crippen molar-refractivity contribution in [3.05, 3.63) is 21.9 Å². The van der Waals surface area contributed by atoms with Crippen molar-refractivity contribution < 1.29 is 0 Å². The molecule has 21 heavy (non-hydrogen) atoms. The minimum atomic E-state index is 0.277. The van der Waals surface area contributed by atoms with Crippen LogP contribution in [0.3, 0.4) is 0 Å². The Bertz CT molecular complexity index is 417. The van der Waals surface area contributed by atoms with Crippen LogP contribution in [-0.2, 0) is 0 Å². The van der Waals surface area contributed by atoms with E-state index in [4.69, 9.17) is 0 Å². The van der Waals surface area contributed by atoms with Crippen LogP contribution < -0.4 is 5.32 Å². The molecule has 1 aliphatic carbocycles. The third-order valence-electron chi connectivity index (χ3n) is 5.08. The molecule has 1 aromatic rings. The predicted octanol–water partition coefficient (Wildman–Crippen LogP) is 4.75. The topological polar surface area (TPSA) is 15.3 Å². The molecule has 1 heterocycles. The first-order chi connectivity index (χ1) is 10.1. The van der Waals surface area contributed by atoms with Crippen molar-refractivity contribution >= 4 is 11.3 Å². The van der Waals surface area contributed by atoms with Gasteiger partial charge in [-0.1, -0.05) is 32.6 Å². The number of hydrogen-bond acceptors (Lipinski definition) is 3. The Hall–Kier alpha value is -0.380. The summed E-state index contributed by atoms with van der Waals surface area (Å²) in [5.74, 6) is 0. The van der Waals surface area contributed by atoms with E-state index in [0.717, 1.165) is 6.54 Å². The molecule has 1 fully saturated rings. The Morgan fingerprint density at radius 2 is 1.90 bits per heavy atom. The van der Waals surface area contributed by atoms with Gasteiger partial charge in [0, 0.05) is 10.4 Å².